The maximum Gasteiger partial charge on any atom is 0.0378 e. The average Bonchev–Trinajstić information content (AvgIpc) is 3.16. The highest BCUT2D eigenvalue weighted by molar-refractivity contribution is 7.11. The summed E-state index contributed by atoms with van der Waals surface area (Å²) in [6, 6.07) is 13.5. The molecular formula is C26H26N2S. The minimum Gasteiger partial charge on any atom is -0.298 e. The van der Waals surface area contributed by atoms with Gasteiger partial charge in [-0.05, 0) is 77.6 Å². The van der Waals surface area contributed by atoms with Gasteiger partial charge >= 0.3 is 0 Å². The summed E-state index contributed by atoms with van der Waals surface area (Å²) in [5.41, 5.74) is 11.2. The topological polar surface area (TPSA) is 16.1 Å². The fourth-order valence-corrected chi connectivity index (χ4v) is 5.56. The molecule has 3 heterocycles. The molecule has 1 aliphatic heterocycles. The van der Waals surface area contributed by atoms with E-state index in [0.717, 1.165) is 32.5 Å². The molecule has 2 aromatic heterocycles. The van der Waals surface area contributed by atoms with Crippen molar-refractivity contribution in [3.63, 3.8) is 0 Å². The molecule has 3 aromatic rings. The van der Waals surface area contributed by atoms with Crippen molar-refractivity contribution in [3.8, 4) is 0 Å². The quantitative estimate of drug-likeness (QED) is 0.495. The number of allylic oxidation sites excluding steroid dienone is 1. The van der Waals surface area contributed by atoms with Crippen molar-refractivity contribution >= 4 is 28.6 Å². The van der Waals surface area contributed by atoms with Crippen molar-refractivity contribution < 1.29 is 0 Å². The van der Waals surface area contributed by atoms with Crippen molar-refractivity contribution in [2.45, 2.75) is 33.2 Å². The molecule has 3 heteroatoms. The Labute approximate surface area is 177 Å². The van der Waals surface area contributed by atoms with E-state index in [9.17, 15) is 0 Å². The van der Waals surface area contributed by atoms with Crippen LogP contribution in [0.3, 0.4) is 0 Å². The number of fused-ring (bicyclic) bond motifs is 2. The number of rotatable bonds is 2. The van der Waals surface area contributed by atoms with Gasteiger partial charge in [0.2, 0.25) is 0 Å². The van der Waals surface area contributed by atoms with Crippen LogP contribution in [0.25, 0.3) is 17.2 Å². The number of pyridine rings is 1. The fraction of sp³-hybridized carbons (Fsp3) is 0.269. The van der Waals surface area contributed by atoms with Crippen LogP contribution in [0.1, 0.15) is 52.5 Å². The van der Waals surface area contributed by atoms with Gasteiger partial charge in [-0.15, -0.1) is 11.3 Å². The van der Waals surface area contributed by atoms with E-state index in [4.69, 9.17) is 0 Å². The predicted octanol–water partition coefficient (Wildman–Crippen LogP) is 6.42. The van der Waals surface area contributed by atoms with Crippen molar-refractivity contribution in [1.82, 2.24) is 9.88 Å². The predicted molar refractivity (Wildman–Crippen MR) is 124 cm³/mol. The molecule has 146 valence electrons. The molecular weight excluding hydrogens is 372 g/mol. The van der Waals surface area contributed by atoms with Gasteiger partial charge in [-0.3, -0.25) is 9.88 Å². The molecule has 0 saturated carbocycles. The van der Waals surface area contributed by atoms with Gasteiger partial charge in [0.1, 0.15) is 0 Å². The Morgan fingerprint density at radius 1 is 1.00 bits per heavy atom. The van der Waals surface area contributed by atoms with Gasteiger partial charge in [-0.25, -0.2) is 0 Å². The van der Waals surface area contributed by atoms with Crippen molar-refractivity contribution in [3.05, 3.63) is 92.4 Å². The van der Waals surface area contributed by atoms with Crippen LogP contribution in [0.5, 0.6) is 0 Å². The summed E-state index contributed by atoms with van der Waals surface area (Å²) >= 11 is 1.87. The number of nitrogens with zero attached hydrogens (tertiary/aromatic N) is 2. The van der Waals surface area contributed by atoms with E-state index >= 15 is 0 Å². The first-order valence-electron chi connectivity index (χ1n) is 10.4. The van der Waals surface area contributed by atoms with Gasteiger partial charge in [0.25, 0.3) is 0 Å². The number of hydrogen-bond acceptors (Lipinski definition) is 3. The third-order valence-electron chi connectivity index (χ3n) is 6.05. The highest BCUT2D eigenvalue weighted by Crippen LogP contribution is 2.43. The standard InChI is InChI=1S/C26H26N2S/c1-18-13-20(16-27-15-18)17-28-10-7-21(8-11-28)25-23-6-4-3-5-22(23)14-19(2)26-24(25)9-12-29-26/h3-6,9,12-16H,7-8,10-11,17H2,1-2H3. The van der Waals surface area contributed by atoms with Crippen LogP contribution in [0.2, 0.25) is 0 Å². The molecule has 0 spiro atoms. The largest absolute Gasteiger partial charge is 0.298 e. The molecule has 0 atom stereocenters. The van der Waals surface area contributed by atoms with Gasteiger partial charge in [-0.1, -0.05) is 35.9 Å². The van der Waals surface area contributed by atoms with E-state index in [0.29, 0.717) is 0 Å². The molecule has 5 rings (SSSR count). The first-order valence-corrected chi connectivity index (χ1v) is 11.3. The van der Waals surface area contributed by atoms with Crippen LogP contribution in [0, 0.1) is 6.92 Å². The van der Waals surface area contributed by atoms with Gasteiger partial charge in [0.05, 0.1) is 0 Å². The van der Waals surface area contributed by atoms with Gasteiger partial charge in [0, 0.05) is 42.5 Å². The summed E-state index contributed by atoms with van der Waals surface area (Å²) in [7, 11) is 0. The minimum atomic E-state index is 0.998. The van der Waals surface area contributed by atoms with Crippen molar-refractivity contribution in [1.29, 1.82) is 0 Å². The third-order valence-corrected chi connectivity index (χ3v) is 7.10. The van der Waals surface area contributed by atoms with Crippen molar-refractivity contribution in [2.75, 3.05) is 13.1 Å². The molecule has 0 amide bonds. The van der Waals surface area contributed by atoms with Gasteiger partial charge in [0.15, 0.2) is 0 Å². The van der Waals surface area contributed by atoms with Crippen LogP contribution >= 0.6 is 11.3 Å². The number of hydrogen-bond donors (Lipinski definition) is 0. The van der Waals surface area contributed by atoms with Crippen LogP contribution < -0.4 is 0 Å². The number of piperidine rings is 1. The first kappa shape index (κ1) is 18.5. The van der Waals surface area contributed by atoms with Crippen LogP contribution in [-0.4, -0.2) is 23.0 Å². The molecule has 0 radical (unpaired) electrons. The molecule has 29 heavy (non-hydrogen) atoms. The molecule has 0 N–H and O–H groups in total. The Balaban J connectivity index is 1.47. The summed E-state index contributed by atoms with van der Waals surface area (Å²) in [6.07, 6.45) is 8.57. The number of aryl methyl sites for hydroxylation is 1. The second-order valence-electron chi connectivity index (χ2n) is 8.20. The average molecular weight is 399 g/mol. The van der Waals surface area contributed by atoms with Crippen LogP contribution in [0.15, 0.2) is 59.7 Å². The lowest BCUT2D eigenvalue weighted by Crippen LogP contribution is -2.30. The first-order chi connectivity index (χ1) is 14.2. The maximum atomic E-state index is 4.36. The molecule has 0 bridgehead atoms. The summed E-state index contributed by atoms with van der Waals surface area (Å²) in [5.74, 6) is 0. The maximum absolute atomic E-state index is 4.36. The number of aromatic nitrogens is 1. The van der Waals surface area contributed by atoms with Crippen LogP contribution in [0.4, 0.5) is 0 Å². The molecule has 1 fully saturated rings. The highest BCUT2D eigenvalue weighted by Gasteiger charge is 2.24. The zero-order valence-corrected chi connectivity index (χ0v) is 17.9. The molecule has 1 aromatic carbocycles. The Kier molecular flexibility index (Phi) is 4.94. The lowest BCUT2D eigenvalue weighted by molar-refractivity contribution is 0.248. The van der Waals surface area contributed by atoms with Gasteiger partial charge in [-0.2, -0.15) is 0 Å². The smallest absolute Gasteiger partial charge is 0.0378 e. The van der Waals surface area contributed by atoms with Gasteiger partial charge < -0.3 is 0 Å². The summed E-state index contributed by atoms with van der Waals surface area (Å²) in [6.45, 7) is 7.59. The Bertz CT molecular complexity index is 1110. The van der Waals surface area contributed by atoms with E-state index in [-0.39, 0.29) is 0 Å². The molecule has 1 saturated heterocycles. The van der Waals surface area contributed by atoms with E-state index in [1.54, 1.807) is 5.57 Å². The Hall–Kier alpha value is -2.49. The highest BCUT2D eigenvalue weighted by atomic mass is 32.1. The van der Waals surface area contributed by atoms with E-state index < -0.39 is 0 Å². The second-order valence-corrected chi connectivity index (χ2v) is 9.12. The molecule has 2 aliphatic rings. The molecule has 1 aliphatic carbocycles. The number of benzene rings is 1. The van der Waals surface area contributed by atoms with E-state index in [2.05, 4.69) is 71.6 Å². The van der Waals surface area contributed by atoms with Crippen molar-refractivity contribution in [2.24, 2.45) is 0 Å². The third kappa shape index (κ3) is 3.61. The van der Waals surface area contributed by atoms with E-state index in [1.807, 2.05) is 23.7 Å². The second kappa shape index (κ2) is 7.74. The number of thiophene rings is 1. The molecule has 2 nitrogen and oxygen atoms in total. The lowest BCUT2D eigenvalue weighted by atomic mass is 9.87. The SMILES string of the molecule is CC1=Cc2ccccc2C(=C2CCN(Cc3cncc(C)c3)CC2)c2ccsc21. The Morgan fingerprint density at radius 2 is 1.83 bits per heavy atom. The lowest BCUT2D eigenvalue weighted by Gasteiger charge is -2.30. The number of likely N-dealkylation sites (tertiary alicyclic amines) is 1. The summed E-state index contributed by atoms with van der Waals surface area (Å²) in [4.78, 5) is 8.36. The molecule has 0 unspecified atom stereocenters. The Morgan fingerprint density at radius 3 is 2.66 bits per heavy atom. The van der Waals surface area contributed by atoms with Crippen LogP contribution in [-0.2, 0) is 6.54 Å². The zero-order valence-electron chi connectivity index (χ0n) is 17.1. The summed E-state index contributed by atoms with van der Waals surface area (Å²) in [5, 5.41) is 2.25. The minimum absolute atomic E-state index is 0.998. The zero-order chi connectivity index (χ0) is 19.8. The monoisotopic (exact) mass is 398 g/mol. The normalized spacial score (nSPS) is 16.8. The van der Waals surface area contributed by atoms with E-state index in [1.165, 1.54) is 43.8 Å². The summed E-state index contributed by atoms with van der Waals surface area (Å²) < 4.78 is 0. The fourth-order valence-electron chi connectivity index (χ4n) is 4.68.